The van der Waals surface area contributed by atoms with Gasteiger partial charge < -0.3 is 14.5 Å². The zero-order valence-corrected chi connectivity index (χ0v) is 17.0. The average molecular weight is 407 g/mol. The molecule has 2 aromatic heterocycles. The molecule has 0 unspecified atom stereocenters. The first-order chi connectivity index (χ1) is 13.6. The summed E-state index contributed by atoms with van der Waals surface area (Å²) in [6, 6.07) is 3.77. The summed E-state index contributed by atoms with van der Waals surface area (Å²) in [5.74, 6) is 1.06. The summed E-state index contributed by atoms with van der Waals surface area (Å²) in [6.07, 6.45) is 6.03. The predicted octanol–water partition coefficient (Wildman–Crippen LogP) is 2.89. The summed E-state index contributed by atoms with van der Waals surface area (Å²) < 4.78 is 12.3. The SMILES string of the molecule is CCn1c(SCC(=O)OCC(=O)N[C@@H]2CCCC[C@@H]2C)nnc1-c1ccco1. The Kier molecular flexibility index (Phi) is 7.13. The van der Waals surface area contributed by atoms with Crippen molar-refractivity contribution in [3.63, 3.8) is 0 Å². The molecule has 1 amide bonds. The number of nitrogens with one attached hydrogen (secondary N) is 1. The number of carbonyl (C=O) groups excluding carboxylic acids is 2. The van der Waals surface area contributed by atoms with Gasteiger partial charge in [0.25, 0.3) is 5.91 Å². The molecule has 1 saturated carbocycles. The van der Waals surface area contributed by atoms with Crippen molar-refractivity contribution in [3.8, 4) is 11.6 Å². The van der Waals surface area contributed by atoms with Crippen molar-refractivity contribution >= 4 is 23.6 Å². The van der Waals surface area contributed by atoms with Gasteiger partial charge in [0.15, 0.2) is 23.3 Å². The van der Waals surface area contributed by atoms with Gasteiger partial charge in [-0.2, -0.15) is 0 Å². The minimum Gasteiger partial charge on any atom is -0.461 e. The zero-order valence-electron chi connectivity index (χ0n) is 16.2. The summed E-state index contributed by atoms with van der Waals surface area (Å²) in [7, 11) is 0. The smallest absolute Gasteiger partial charge is 0.316 e. The van der Waals surface area contributed by atoms with Gasteiger partial charge in [-0.25, -0.2) is 0 Å². The molecule has 0 aromatic carbocycles. The van der Waals surface area contributed by atoms with Gasteiger partial charge in [0.2, 0.25) is 0 Å². The van der Waals surface area contributed by atoms with Crippen LogP contribution < -0.4 is 5.32 Å². The molecule has 2 atom stereocenters. The van der Waals surface area contributed by atoms with E-state index < -0.39 is 5.97 Å². The lowest BCUT2D eigenvalue weighted by Gasteiger charge is -2.29. The number of aromatic nitrogens is 3. The second-order valence-corrected chi connectivity index (χ2v) is 7.86. The molecule has 1 aliphatic rings. The van der Waals surface area contributed by atoms with Crippen LogP contribution in [0.25, 0.3) is 11.6 Å². The molecule has 1 fully saturated rings. The molecule has 2 heterocycles. The van der Waals surface area contributed by atoms with Crippen LogP contribution in [-0.2, 0) is 20.9 Å². The van der Waals surface area contributed by atoms with Gasteiger partial charge in [-0.15, -0.1) is 10.2 Å². The van der Waals surface area contributed by atoms with E-state index in [-0.39, 0.29) is 24.3 Å². The van der Waals surface area contributed by atoms with E-state index in [1.165, 1.54) is 18.2 Å². The van der Waals surface area contributed by atoms with Gasteiger partial charge in [-0.05, 0) is 37.8 Å². The Bertz CT molecular complexity index is 790. The molecule has 0 saturated heterocycles. The third kappa shape index (κ3) is 5.15. The Balaban J connectivity index is 1.45. The number of rotatable bonds is 8. The molecular weight excluding hydrogens is 380 g/mol. The molecule has 0 radical (unpaired) electrons. The van der Waals surface area contributed by atoms with E-state index in [1.807, 2.05) is 17.6 Å². The highest BCUT2D eigenvalue weighted by Crippen LogP contribution is 2.25. The molecule has 9 heteroatoms. The molecule has 28 heavy (non-hydrogen) atoms. The Labute approximate surface area is 168 Å². The van der Waals surface area contributed by atoms with Crippen molar-refractivity contribution in [2.24, 2.45) is 5.92 Å². The maximum atomic E-state index is 12.0. The first-order valence-electron chi connectivity index (χ1n) is 9.63. The highest BCUT2D eigenvalue weighted by Gasteiger charge is 2.23. The van der Waals surface area contributed by atoms with Crippen LogP contribution in [0, 0.1) is 5.92 Å². The summed E-state index contributed by atoms with van der Waals surface area (Å²) in [4.78, 5) is 24.1. The van der Waals surface area contributed by atoms with Crippen LogP contribution in [0.1, 0.15) is 39.5 Å². The fraction of sp³-hybridized carbons (Fsp3) is 0.579. The largest absolute Gasteiger partial charge is 0.461 e. The van der Waals surface area contributed by atoms with Gasteiger partial charge >= 0.3 is 5.97 Å². The van der Waals surface area contributed by atoms with Crippen LogP contribution in [-0.4, -0.2) is 45.0 Å². The van der Waals surface area contributed by atoms with E-state index in [9.17, 15) is 9.59 Å². The topological polar surface area (TPSA) is 99.2 Å². The summed E-state index contributed by atoms with van der Waals surface area (Å²) >= 11 is 1.23. The number of thioether (sulfide) groups is 1. The second-order valence-electron chi connectivity index (χ2n) is 6.91. The Morgan fingerprint density at radius 1 is 1.36 bits per heavy atom. The number of ether oxygens (including phenoxy) is 1. The highest BCUT2D eigenvalue weighted by molar-refractivity contribution is 7.99. The third-order valence-corrected chi connectivity index (χ3v) is 5.86. The van der Waals surface area contributed by atoms with Crippen LogP contribution in [0.3, 0.4) is 0 Å². The molecule has 0 bridgehead atoms. The molecule has 1 N–H and O–H groups in total. The molecule has 2 aromatic rings. The van der Waals surface area contributed by atoms with E-state index in [0.29, 0.717) is 29.2 Å². The van der Waals surface area contributed by atoms with E-state index >= 15 is 0 Å². The van der Waals surface area contributed by atoms with Gasteiger partial charge in [0.05, 0.1) is 12.0 Å². The lowest BCUT2D eigenvalue weighted by molar-refractivity contribution is -0.146. The van der Waals surface area contributed by atoms with E-state index in [0.717, 1.165) is 19.3 Å². The van der Waals surface area contributed by atoms with Crippen LogP contribution in [0.2, 0.25) is 0 Å². The number of esters is 1. The Hall–Kier alpha value is -2.29. The summed E-state index contributed by atoms with van der Waals surface area (Å²) in [5.41, 5.74) is 0. The molecule has 8 nitrogen and oxygen atoms in total. The average Bonchev–Trinajstić information content (AvgIpc) is 3.35. The molecule has 3 rings (SSSR count). The van der Waals surface area contributed by atoms with Crippen LogP contribution in [0.15, 0.2) is 28.0 Å². The van der Waals surface area contributed by atoms with Crippen LogP contribution in [0.5, 0.6) is 0 Å². The van der Waals surface area contributed by atoms with Gasteiger partial charge in [0.1, 0.15) is 0 Å². The van der Waals surface area contributed by atoms with Crippen LogP contribution >= 0.6 is 11.8 Å². The standard InChI is InChI=1S/C19H26N4O4S/c1-3-23-18(15-9-6-10-26-15)21-22-19(23)28-12-17(25)27-11-16(24)20-14-8-5-4-7-13(14)2/h6,9-10,13-14H,3-5,7-8,11-12H2,1-2H3,(H,20,24)/t13-,14+/m0/s1. The first kappa shape index (κ1) is 20.4. The second kappa shape index (κ2) is 9.77. The lowest BCUT2D eigenvalue weighted by Crippen LogP contribution is -2.43. The molecule has 0 aliphatic heterocycles. The number of nitrogens with zero attached hydrogens (tertiary/aromatic N) is 3. The van der Waals surface area contributed by atoms with E-state index in [1.54, 1.807) is 12.3 Å². The van der Waals surface area contributed by atoms with Gasteiger partial charge in [-0.1, -0.05) is 31.5 Å². The number of hydrogen-bond acceptors (Lipinski definition) is 7. The molecular formula is C19H26N4O4S. The normalized spacial score (nSPS) is 19.4. The first-order valence-corrected chi connectivity index (χ1v) is 10.6. The van der Waals surface area contributed by atoms with Crippen molar-refractivity contribution in [3.05, 3.63) is 18.4 Å². The van der Waals surface area contributed by atoms with Crippen molar-refractivity contribution in [2.45, 2.75) is 57.3 Å². The highest BCUT2D eigenvalue weighted by atomic mass is 32.2. The Morgan fingerprint density at radius 2 is 2.18 bits per heavy atom. The zero-order chi connectivity index (χ0) is 19.9. The summed E-state index contributed by atoms with van der Waals surface area (Å²) in [5, 5.41) is 11.8. The van der Waals surface area contributed by atoms with Gasteiger partial charge in [0, 0.05) is 12.6 Å². The fourth-order valence-electron chi connectivity index (χ4n) is 3.36. The fourth-order valence-corrected chi connectivity index (χ4v) is 4.16. The molecule has 1 aliphatic carbocycles. The van der Waals surface area contributed by atoms with Gasteiger partial charge in [-0.3, -0.25) is 14.2 Å². The Morgan fingerprint density at radius 3 is 2.89 bits per heavy atom. The van der Waals surface area contributed by atoms with Crippen molar-refractivity contribution in [1.82, 2.24) is 20.1 Å². The maximum absolute atomic E-state index is 12.0. The van der Waals surface area contributed by atoms with Crippen molar-refractivity contribution < 1.29 is 18.7 Å². The van der Waals surface area contributed by atoms with Crippen molar-refractivity contribution in [2.75, 3.05) is 12.4 Å². The van der Waals surface area contributed by atoms with E-state index in [2.05, 4.69) is 22.4 Å². The quantitative estimate of drug-likeness (QED) is 0.531. The van der Waals surface area contributed by atoms with Crippen molar-refractivity contribution in [1.29, 1.82) is 0 Å². The monoisotopic (exact) mass is 406 g/mol. The number of furan rings is 1. The molecule has 152 valence electrons. The number of carbonyl (C=O) groups is 2. The predicted molar refractivity (Wildman–Crippen MR) is 105 cm³/mol. The number of amides is 1. The lowest BCUT2D eigenvalue weighted by atomic mass is 9.86. The van der Waals surface area contributed by atoms with E-state index in [4.69, 9.17) is 9.15 Å². The maximum Gasteiger partial charge on any atom is 0.316 e. The minimum atomic E-state index is -0.456. The summed E-state index contributed by atoms with van der Waals surface area (Å²) in [6.45, 7) is 4.51. The minimum absolute atomic E-state index is 0.0589. The number of hydrogen-bond donors (Lipinski definition) is 1. The van der Waals surface area contributed by atoms with Crippen LogP contribution in [0.4, 0.5) is 0 Å². The molecule has 0 spiro atoms. The third-order valence-electron chi connectivity index (χ3n) is 4.92.